The van der Waals surface area contributed by atoms with Crippen molar-refractivity contribution >= 4 is 5.96 Å². The summed E-state index contributed by atoms with van der Waals surface area (Å²) in [5.41, 5.74) is 6.51. The van der Waals surface area contributed by atoms with Crippen LogP contribution in [0.2, 0.25) is 0 Å². The minimum atomic E-state index is 0.285. The largest absolute Gasteiger partial charge is 0.370 e. The fourth-order valence-corrected chi connectivity index (χ4v) is 2.76. The molecule has 0 amide bonds. The van der Waals surface area contributed by atoms with E-state index in [4.69, 9.17) is 5.73 Å². The monoisotopic (exact) mass is 167 g/mol. The summed E-state index contributed by atoms with van der Waals surface area (Å²) in [5, 5.41) is 0. The second kappa shape index (κ2) is 1.95. The summed E-state index contributed by atoms with van der Waals surface area (Å²) in [7, 11) is 2.06. The van der Waals surface area contributed by atoms with Crippen molar-refractivity contribution in [3.63, 3.8) is 0 Å². The molecule has 0 bridgehead atoms. The number of rotatable bonds is 0. The molecule has 0 atom stereocenters. The SMILES string of the molecule is CN1C(N)=NCC12CC(C)(C)C2. The first-order valence-corrected chi connectivity index (χ1v) is 4.49. The lowest BCUT2D eigenvalue weighted by Gasteiger charge is -2.54. The van der Waals surface area contributed by atoms with Crippen molar-refractivity contribution < 1.29 is 0 Å². The van der Waals surface area contributed by atoms with Crippen LogP contribution in [-0.4, -0.2) is 30.0 Å². The number of aliphatic imine (C=N–C) groups is 1. The van der Waals surface area contributed by atoms with Crippen LogP contribution in [0.3, 0.4) is 0 Å². The summed E-state index contributed by atoms with van der Waals surface area (Å²) < 4.78 is 0. The van der Waals surface area contributed by atoms with Gasteiger partial charge in [-0.2, -0.15) is 0 Å². The molecular weight excluding hydrogens is 150 g/mol. The van der Waals surface area contributed by atoms with Crippen molar-refractivity contribution in [1.29, 1.82) is 0 Å². The maximum absolute atomic E-state index is 5.73. The number of hydrogen-bond donors (Lipinski definition) is 1. The Hall–Kier alpha value is -0.730. The lowest BCUT2D eigenvalue weighted by atomic mass is 9.59. The summed E-state index contributed by atoms with van der Waals surface area (Å²) in [6.07, 6.45) is 2.45. The Balaban J connectivity index is 2.10. The van der Waals surface area contributed by atoms with Gasteiger partial charge < -0.3 is 10.6 Å². The van der Waals surface area contributed by atoms with Crippen molar-refractivity contribution in [2.45, 2.75) is 32.2 Å². The lowest BCUT2D eigenvalue weighted by molar-refractivity contribution is -0.00325. The van der Waals surface area contributed by atoms with Crippen LogP contribution in [0, 0.1) is 5.41 Å². The van der Waals surface area contributed by atoms with Crippen LogP contribution in [0.4, 0.5) is 0 Å². The topological polar surface area (TPSA) is 41.6 Å². The first kappa shape index (κ1) is 7.90. The van der Waals surface area contributed by atoms with Crippen molar-refractivity contribution in [2.24, 2.45) is 16.1 Å². The number of likely N-dealkylation sites (N-methyl/N-ethyl adjacent to an activating group) is 1. The van der Waals surface area contributed by atoms with Crippen molar-refractivity contribution in [3.05, 3.63) is 0 Å². The molecule has 1 fully saturated rings. The summed E-state index contributed by atoms with van der Waals surface area (Å²) in [6.45, 7) is 5.51. The van der Waals surface area contributed by atoms with E-state index in [-0.39, 0.29) is 5.54 Å². The summed E-state index contributed by atoms with van der Waals surface area (Å²) in [5.74, 6) is 0.713. The fraction of sp³-hybridized carbons (Fsp3) is 0.889. The molecule has 2 aliphatic rings. The first-order chi connectivity index (χ1) is 5.45. The van der Waals surface area contributed by atoms with Gasteiger partial charge in [0, 0.05) is 7.05 Å². The third-order valence-electron chi connectivity index (χ3n) is 3.21. The predicted octanol–water partition coefficient (Wildman–Crippen LogP) is 0.805. The highest BCUT2D eigenvalue weighted by molar-refractivity contribution is 5.81. The van der Waals surface area contributed by atoms with Gasteiger partial charge in [0.05, 0.1) is 12.1 Å². The minimum Gasteiger partial charge on any atom is -0.370 e. The van der Waals surface area contributed by atoms with Gasteiger partial charge in [0.15, 0.2) is 5.96 Å². The highest BCUT2D eigenvalue weighted by Crippen LogP contribution is 2.52. The molecule has 1 aliphatic carbocycles. The van der Waals surface area contributed by atoms with Gasteiger partial charge in [-0.25, -0.2) is 0 Å². The molecule has 2 rings (SSSR count). The quantitative estimate of drug-likeness (QED) is 0.580. The second-order valence-electron chi connectivity index (χ2n) is 4.98. The van der Waals surface area contributed by atoms with E-state index in [2.05, 4.69) is 30.8 Å². The average Bonchev–Trinajstić information content (AvgIpc) is 2.15. The first-order valence-electron chi connectivity index (χ1n) is 4.49. The van der Waals surface area contributed by atoms with Gasteiger partial charge >= 0.3 is 0 Å². The van der Waals surface area contributed by atoms with Crippen LogP contribution in [0.15, 0.2) is 4.99 Å². The molecule has 2 N–H and O–H groups in total. The Morgan fingerprint density at radius 3 is 2.33 bits per heavy atom. The second-order valence-corrected chi connectivity index (χ2v) is 4.98. The van der Waals surface area contributed by atoms with E-state index in [1.165, 1.54) is 12.8 Å². The van der Waals surface area contributed by atoms with Crippen LogP contribution in [-0.2, 0) is 0 Å². The molecule has 1 heterocycles. The van der Waals surface area contributed by atoms with E-state index < -0.39 is 0 Å². The maximum atomic E-state index is 5.73. The molecule has 1 aliphatic heterocycles. The number of nitrogens with two attached hydrogens (primary N) is 1. The van der Waals surface area contributed by atoms with Gasteiger partial charge in [-0.05, 0) is 18.3 Å². The van der Waals surface area contributed by atoms with Crippen LogP contribution < -0.4 is 5.73 Å². The summed E-state index contributed by atoms with van der Waals surface area (Å²) in [4.78, 5) is 6.43. The molecule has 12 heavy (non-hydrogen) atoms. The van der Waals surface area contributed by atoms with Crippen LogP contribution in [0.5, 0.6) is 0 Å². The number of nitrogens with zero attached hydrogens (tertiary/aromatic N) is 2. The van der Waals surface area contributed by atoms with Crippen molar-refractivity contribution in [1.82, 2.24) is 4.90 Å². The Morgan fingerprint density at radius 2 is 2.00 bits per heavy atom. The van der Waals surface area contributed by atoms with E-state index in [1.807, 2.05) is 0 Å². The van der Waals surface area contributed by atoms with Crippen LogP contribution in [0.25, 0.3) is 0 Å². The standard InChI is InChI=1S/C9H17N3/c1-8(2)4-9(5-8)6-11-7(10)12(9)3/h4-6H2,1-3H3,(H2,10,11). The Kier molecular flexibility index (Phi) is 1.28. The average molecular weight is 167 g/mol. The van der Waals surface area contributed by atoms with Gasteiger partial charge in [-0.15, -0.1) is 0 Å². The van der Waals surface area contributed by atoms with Crippen molar-refractivity contribution in [3.8, 4) is 0 Å². The fourth-order valence-electron chi connectivity index (χ4n) is 2.76. The Labute approximate surface area is 73.6 Å². The predicted molar refractivity (Wildman–Crippen MR) is 50.0 cm³/mol. The highest BCUT2D eigenvalue weighted by Gasteiger charge is 2.54. The maximum Gasteiger partial charge on any atom is 0.191 e. The van der Waals surface area contributed by atoms with Crippen LogP contribution >= 0.6 is 0 Å². The lowest BCUT2D eigenvalue weighted by Crippen LogP contribution is -2.60. The molecule has 1 spiro atoms. The summed E-state index contributed by atoms with van der Waals surface area (Å²) in [6, 6.07) is 0. The van der Waals surface area contributed by atoms with Crippen molar-refractivity contribution in [2.75, 3.05) is 13.6 Å². The summed E-state index contributed by atoms with van der Waals surface area (Å²) >= 11 is 0. The van der Waals surface area contributed by atoms with E-state index in [0.717, 1.165) is 6.54 Å². The molecular formula is C9H17N3. The molecule has 0 saturated heterocycles. The van der Waals surface area contributed by atoms with E-state index in [1.54, 1.807) is 0 Å². The molecule has 3 nitrogen and oxygen atoms in total. The third-order valence-corrected chi connectivity index (χ3v) is 3.21. The van der Waals surface area contributed by atoms with E-state index in [9.17, 15) is 0 Å². The van der Waals surface area contributed by atoms with Gasteiger partial charge in [0.2, 0.25) is 0 Å². The molecule has 0 radical (unpaired) electrons. The molecule has 0 unspecified atom stereocenters. The zero-order valence-electron chi connectivity index (χ0n) is 8.09. The molecule has 0 aromatic carbocycles. The molecule has 3 heteroatoms. The smallest absolute Gasteiger partial charge is 0.191 e. The Bertz CT molecular complexity index is 234. The molecule has 1 saturated carbocycles. The van der Waals surface area contributed by atoms with Gasteiger partial charge in [0.25, 0.3) is 0 Å². The van der Waals surface area contributed by atoms with E-state index in [0.29, 0.717) is 11.4 Å². The zero-order chi connectivity index (χ0) is 8.98. The molecule has 68 valence electrons. The molecule has 0 aromatic heterocycles. The molecule has 0 aromatic rings. The van der Waals surface area contributed by atoms with Crippen LogP contribution in [0.1, 0.15) is 26.7 Å². The van der Waals surface area contributed by atoms with Gasteiger partial charge in [0.1, 0.15) is 0 Å². The number of guanidine groups is 1. The minimum absolute atomic E-state index is 0.285. The van der Waals surface area contributed by atoms with E-state index >= 15 is 0 Å². The highest BCUT2D eigenvalue weighted by atomic mass is 15.3. The van der Waals surface area contributed by atoms with Gasteiger partial charge in [-0.3, -0.25) is 4.99 Å². The normalized spacial score (nSPS) is 30.2. The van der Waals surface area contributed by atoms with Gasteiger partial charge in [-0.1, -0.05) is 13.8 Å². The number of hydrogen-bond acceptors (Lipinski definition) is 3. The zero-order valence-corrected chi connectivity index (χ0v) is 8.09. The Morgan fingerprint density at radius 1 is 1.42 bits per heavy atom. The third kappa shape index (κ3) is 0.853.